The van der Waals surface area contributed by atoms with E-state index in [4.69, 9.17) is 0 Å². The summed E-state index contributed by atoms with van der Waals surface area (Å²) in [5, 5.41) is 3.24. The maximum Gasteiger partial charge on any atom is 0.0406 e. The molecule has 0 heterocycles. The number of thiol groups is 1. The topological polar surface area (TPSA) is 12.0 Å². The highest BCUT2D eigenvalue weighted by atomic mass is 32.1. The molecule has 14 heavy (non-hydrogen) atoms. The summed E-state index contributed by atoms with van der Waals surface area (Å²) in [4.78, 5) is 0. The number of benzene rings is 1. The van der Waals surface area contributed by atoms with Gasteiger partial charge in [-0.1, -0.05) is 37.6 Å². The number of nitrogens with one attached hydrogen (secondary N) is 1. The van der Waals surface area contributed by atoms with Crippen LogP contribution >= 0.6 is 12.6 Å². The Morgan fingerprint density at radius 3 is 2.36 bits per heavy atom. The first kappa shape index (κ1) is 11.6. The molecule has 0 aliphatic carbocycles. The molecule has 0 fully saturated rings. The normalized spacial score (nSPS) is 12.8. The summed E-state index contributed by atoms with van der Waals surface area (Å²) in [5.74, 6) is 0.837. The summed E-state index contributed by atoms with van der Waals surface area (Å²) >= 11 is 4.31. The Kier molecular flexibility index (Phi) is 5.05. The van der Waals surface area contributed by atoms with Crippen LogP contribution in [0.5, 0.6) is 0 Å². The molecule has 1 unspecified atom stereocenters. The molecule has 0 aromatic heterocycles. The van der Waals surface area contributed by atoms with Crippen molar-refractivity contribution in [3.8, 4) is 0 Å². The van der Waals surface area contributed by atoms with Gasteiger partial charge in [0, 0.05) is 11.8 Å². The quantitative estimate of drug-likeness (QED) is 0.711. The number of rotatable bonds is 5. The van der Waals surface area contributed by atoms with E-state index in [2.05, 4.69) is 49.1 Å². The van der Waals surface area contributed by atoms with Crippen LogP contribution < -0.4 is 5.32 Å². The fourth-order valence-electron chi connectivity index (χ4n) is 1.57. The van der Waals surface area contributed by atoms with Crippen molar-refractivity contribution in [3.05, 3.63) is 35.4 Å². The van der Waals surface area contributed by atoms with Crippen LogP contribution in [0.25, 0.3) is 0 Å². The van der Waals surface area contributed by atoms with Crippen molar-refractivity contribution < 1.29 is 0 Å². The van der Waals surface area contributed by atoms with Crippen molar-refractivity contribution in [1.29, 1.82) is 0 Å². The Labute approximate surface area is 92.3 Å². The van der Waals surface area contributed by atoms with Crippen LogP contribution in [-0.2, 0) is 6.42 Å². The number of hydrogen-bond donors (Lipinski definition) is 2. The molecule has 1 N–H and O–H groups in total. The second-order valence-corrected chi connectivity index (χ2v) is 3.88. The molecule has 0 amide bonds. The second-order valence-electron chi connectivity index (χ2n) is 3.52. The van der Waals surface area contributed by atoms with Crippen molar-refractivity contribution in [2.24, 2.45) is 0 Å². The average Bonchev–Trinajstić information content (AvgIpc) is 2.23. The van der Waals surface area contributed by atoms with Gasteiger partial charge in [-0.2, -0.15) is 12.6 Å². The van der Waals surface area contributed by atoms with E-state index in [1.165, 1.54) is 24.0 Å². The Morgan fingerprint density at radius 1 is 1.29 bits per heavy atom. The Morgan fingerprint density at radius 2 is 1.93 bits per heavy atom. The van der Waals surface area contributed by atoms with E-state index >= 15 is 0 Å². The summed E-state index contributed by atoms with van der Waals surface area (Å²) in [6.45, 7) is 2.21. The zero-order valence-electron chi connectivity index (χ0n) is 8.96. The van der Waals surface area contributed by atoms with Crippen molar-refractivity contribution in [2.75, 3.05) is 12.8 Å². The summed E-state index contributed by atoms with van der Waals surface area (Å²) in [6, 6.07) is 9.19. The van der Waals surface area contributed by atoms with Gasteiger partial charge in [-0.25, -0.2) is 0 Å². The predicted molar refractivity (Wildman–Crippen MR) is 66.1 cm³/mol. The van der Waals surface area contributed by atoms with Gasteiger partial charge >= 0.3 is 0 Å². The third-order valence-electron chi connectivity index (χ3n) is 2.45. The Hall–Kier alpha value is -0.470. The van der Waals surface area contributed by atoms with Gasteiger partial charge in [0.2, 0.25) is 0 Å². The van der Waals surface area contributed by atoms with Crippen molar-refractivity contribution >= 4 is 12.6 Å². The highest BCUT2D eigenvalue weighted by Crippen LogP contribution is 2.15. The predicted octanol–water partition coefficient (Wildman–Crippen LogP) is 2.83. The molecular formula is C12H19NS. The van der Waals surface area contributed by atoms with Crippen LogP contribution in [-0.4, -0.2) is 12.8 Å². The minimum atomic E-state index is 0.369. The van der Waals surface area contributed by atoms with Gasteiger partial charge in [-0.3, -0.25) is 0 Å². The molecule has 1 rings (SSSR count). The average molecular weight is 209 g/mol. The van der Waals surface area contributed by atoms with Gasteiger partial charge in [-0.15, -0.1) is 0 Å². The first-order valence-corrected chi connectivity index (χ1v) is 5.82. The minimum absolute atomic E-state index is 0.369. The highest BCUT2D eigenvalue weighted by molar-refractivity contribution is 7.80. The van der Waals surface area contributed by atoms with E-state index in [1.54, 1.807) is 0 Å². The standard InChI is InChI=1S/C12H19NS/c1-3-4-10-5-7-11(8-6-10)12(9-14)13-2/h5-8,12-14H,3-4,9H2,1-2H3. The lowest BCUT2D eigenvalue weighted by molar-refractivity contribution is 0.663. The third kappa shape index (κ3) is 3.03. The van der Waals surface area contributed by atoms with Crippen molar-refractivity contribution in [1.82, 2.24) is 5.32 Å². The smallest absolute Gasteiger partial charge is 0.0406 e. The fraction of sp³-hybridized carbons (Fsp3) is 0.500. The molecule has 0 bridgehead atoms. The van der Waals surface area contributed by atoms with Gasteiger partial charge in [0.1, 0.15) is 0 Å². The summed E-state index contributed by atoms with van der Waals surface area (Å²) < 4.78 is 0. The summed E-state index contributed by atoms with van der Waals surface area (Å²) in [6.07, 6.45) is 2.38. The van der Waals surface area contributed by atoms with Crippen LogP contribution in [0.2, 0.25) is 0 Å². The zero-order valence-corrected chi connectivity index (χ0v) is 9.85. The van der Waals surface area contributed by atoms with Gasteiger partial charge < -0.3 is 5.32 Å². The maximum atomic E-state index is 4.31. The molecule has 1 nitrogen and oxygen atoms in total. The largest absolute Gasteiger partial charge is 0.312 e. The number of aryl methyl sites for hydroxylation is 1. The summed E-state index contributed by atoms with van der Waals surface area (Å²) in [5.41, 5.74) is 2.74. The first-order valence-electron chi connectivity index (χ1n) is 5.18. The monoisotopic (exact) mass is 209 g/mol. The number of hydrogen-bond acceptors (Lipinski definition) is 2. The van der Waals surface area contributed by atoms with Crippen LogP contribution in [0.1, 0.15) is 30.5 Å². The Bertz CT molecular complexity index is 252. The lowest BCUT2D eigenvalue weighted by Gasteiger charge is -2.13. The van der Waals surface area contributed by atoms with E-state index < -0.39 is 0 Å². The lowest BCUT2D eigenvalue weighted by Crippen LogP contribution is -2.17. The molecule has 1 aromatic carbocycles. The molecule has 0 aliphatic heterocycles. The maximum absolute atomic E-state index is 4.31. The van der Waals surface area contributed by atoms with Crippen molar-refractivity contribution in [3.63, 3.8) is 0 Å². The zero-order chi connectivity index (χ0) is 10.4. The molecule has 0 spiro atoms. The lowest BCUT2D eigenvalue weighted by atomic mass is 10.0. The SMILES string of the molecule is CCCc1ccc(C(CS)NC)cc1. The van der Waals surface area contributed by atoms with E-state index in [0.29, 0.717) is 6.04 Å². The van der Waals surface area contributed by atoms with Crippen LogP contribution in [0, 0.1) is 0 Å². The highest BCUT2D eigenvalue weighted by Gasteiger charge is 2.05. The Balaban J connectivity index is 2.71. The molecule has 78 valence electrons. The van der Waals surface area contributed by atoms with Gasteiger partial charge in [0.05, 0.1) is 0 Å². The van der Waals surface area contributed by atoms with E-state index in [-0.39, 0.29) is 0 Å². The molecule has 1 aromatic rings. The van der Waals surface area contributed by atoms with Gasteiger partial charge in [0.15, 0.2) is 0 Å². The van der Waals surface area contributed by atoms with Crippen LogP contribution in [0.3, 0.4) is 0 Å². The fourth-order valence-corrected chi connectivity index (χ4v) is 1.96. The molecule has 0 aliphatic rings. The van der Waals surface area contributed by atoms with Crippen LogP contribution in [0.4, 0.5) is 0 Å². The van der Waals surface area contributed by atoms with E-state index in [0.717, 1.165) is 5.75 Å². The van der Waals surface area contributed by atoms with E-state index in [9.17, 15) is 0 Å². The molecule has 0 saturated carbocycles. The molecule has 1 atom stereocenters. The molecular weight excluding hydrogens is 190 g/mol. The van der Waals surface area contributed by atoms with Crippen molar-refractivity contribution in [2.45, 2.75) is 25.8 Å². The molecule has 0 saturated heterocycles. The van der Waals surface area contributed by atoms with E-state index in [1.807, 2.05) is 7.05 Å². The van der Waals surface area contributed by atoms with Gasteiger partial charge in [-0.05, 0) is 24.6 Å². The molecule has 2 heteroatoms. The first-order chi connectivity index (χ1) is 6.81. The molecule has 0 radical (unpaired) electrons. The van der Waals surface area contributed by atoms with Gasteiger partial charge in [0.25, 0.3) is 0 Å². The van der Waals surface area contributed by atoms with Crippen LogP contribution in [0.15, 0.2) is 24.3 Å². The third-order valence-corrected chi connectivity index (χ3v) is 2.82. The summed E-state index contributed by atoms with van der Waals surface area (Å²) in [7, 11) is 1.97. The minimum Gasteiger partial charge on any atom is -0.312 e. The second kappa shape index (κ2) is 6.10.